The largest absolute Gasteiger partial charge is 0.383 e. The van der Waals surface area contributed by atoms with Gasteiger partial charge >= 0.3 is 0 Å². The number of rotatable bonds is 6. The van der Waals surface area contributed by atoms with Gasteiger partial charge in [0.15, 0.2) is 0 Å². The third-order valence-electron chi connectivity index (χ3n) is 4.31. The van der Waals surface area contributed by atoms with Gasteiger partial charge < -0.3 is 5.32 Å². The van der Waals surface area contributed by atoms with Crippen molar-refractivity contribution in [1.29, 1.82) is 0 Å². The fourth-order valence-electron chi connectivity index (χ4n) is 3.32. The lowest BCUT2D eigenvalue weighted by atomic mass is 10.1. The molecule has 0 spiro atoms. The van der Waals surface area contributed by atoms with E-state index >= 15 is 0 Å². The third-order valence-corrected chi connectivity index (χ3v) is 6.31. The van der Waals surface area contributed by atoms with Crippen LogP contribution < -0.4 is 10.0 Å². The normalized spacial score (nSPS) is 11.7. The first-order valence-electron chi connectivity index (χ1n) is 8.63. The van der Waals surface area contributed by atoms with Crippen LogP contribution in [0.4, 0.5) is 5.69 Å². The molecule has 27 heavy (non-hydrogen) atoms. The average Bonchev–Trinajstić information content (AvgIpc) is 2.57. The van der Waals surface area contributed by atoms with Crippen molar-refractivity contribution in [3.05, 3.63) is 64.3 Å². The zero-order valence-electron chi connectivity index (χ0n) is 15.5. The number of hydrogen-bond donors (Lipinski definition) is 2. The summed E-state index contributed by atoms with van der Waals surface area (Å²) in [4.78, 5) is 4.66. The lowest BCUT2D eigenvalue weighted by Gasteiger charge is -2.14. The second-order valence-corrected chi connectivity index (χ2v) is 8.71. The predicted octanol–water partition coefficient (Wildman–Crippen LogP) is 4.20. The van der Waals surface area contributed by atoms with Gasteiger partial charge in [-0.1, -0.05) is 29.3 Å². The molecule has 1 aromatic heterocycles. The van der Waals surface area contributed by atoms with E-state index in [1.54, 1.807) is 12.3 Å². The zero-order valence-corrected chi connectivity index (χ0v) is 17.1. The molecule has 0 amide bonds. The number of aromatic nitrogens is 1. The quantitative estimate of drug-likeness (QED) is 0.605. The summed E-state index contributed by atoms with van der Waals surface area (Å²) in [7, 11) is -3.56. The molecule has 0 bridgehead atoms. The van der Waals surface area contributed by atoms with Crippen molar-refractivity contribution in [3.63, 3.8) is 0 Å². The first kappa shape index (κ1) is 19.6. The topological polar surface area (TPSA) is 71.1 Å². The van der Waals surface area contributed by atoms with Gasteiger partial charge in [0.25, 0.3) is 0 Å². The molecule has 142 valence electrons. The number of nitrogens with one attached hydrogen (secondary N) is 2. The molecule has 0 unspecified atom stereocenters. The number of pyridine rings is 1. The first-order valence-corrected chi connectivity index (χ1v) is 10.5. The number of aryl methyl sites for hydroxylation is 3. The Balaban J connectivity index is 1.69. The second-order valence-electron chi connectivity index (χ2n) is 6.57. The molecule has 0 fully saturated rings. The lowest BCUT2D eigenvalue weighted by Crippen LogP contribution is -2.30. The maximum absolute atomic E-state index is 12.7. The number of halogens is 1. The molecule has 0 saturated carbocycles. The monoisotopic (exact) mass is 403 g/mol. The summed E-state index contributed by atoms with van der Waals surface area (Å²) in [5, 5.41) is 4.83. The highest BCUT2D eigenvalue weighted by atomic mass is 35.5. The highest BCUT2D eigenvalue weighted by Crippen LogP contribution is 2.24. The summed E-state index contributed by atoms with van der Waals surface area (Å²) in [6.07, 6.45) is 1.70. The van der Waals surface area contributed by atoms with Crippen molar-refractivity contribution in [2.75, 3.05) is 18.4 Å². The van der Waals surface area contributed by atoms with Gasteiger partial charge in [-0.05, 0) is 56.2 Å². The molecular weight excluding hydrogens is 382 g/mol. The molecule has 0 aliphatic heterocycles. The Kier molecular flexibility index (Phi) is 5.69. The Morgan fingerprint density at radius 3 is 2.41 bits per heavy atom. The smallest absolute Gasteiger partial charge is 0.241 e. The van der Waals surface area contributed by atoms with Crippen LogP contribution in [0.15, 0.2) is 47.5 Å². The molecule has 0 aliphatic carbocycles. The molecule has 0 radical (unpaired) electrons. The highest BCUT2D eigenvalue weighted by Gasteiger charge is 2.19. The first-order chi connectivity index (χ1) is 12.8. The maximum Gasteiger partial charge on any atom is 0.241 e. The Bertz CT molecular complexity index is 1070. The number of sulfonamides is 1. The fourth-order valence-corrected chi connectivity index (χ4v) is 4.97. The van der Waals surface area contributed by atoms with Gasteiger partial charge in [-0.2, -0.15) is 0 Å². The predicted molar refractivity (Wildman–Crippen MR) is 111 cm³/mol. The molecule has 0 saturated heterocycles. The Morgan fingerprint density at radius 1 is 1.00 bits per heavy atom. The number of fused-ring (bicyclic) bond motifs is 1. The summed E-state index contributed by atoms with van der Waals surface area (Å²) in [6, 6.07) is 11.1. The third kappa shape index (κ3) is 4.40. The van der Waals surface area contributed by atoms with Crippen LogP contribution in [0.1, 0.15) is 16.7 Å². The summed E-state index contributed by atoms with van der Waals surface area (Å²) in [5.41, 5.74) is 4.24. The van der Waals surface area contributed by atoms with Crippen molar-refractivity contribution in [2.24, 2.45) is 0 Å². The SMILES string of the molecule is Cc1cc(C)c(S(=O)(=O)NCCNc2ccnc3cc(Cl)ccc23)c(C)c1. The van der Waals surface area contributed by atoms with Gasteiger partial charge in [0.2, 0.25) is 10.0 Å². The minimum Gasteiger partial charge on any atom is -0.383 e. The van der Waals surface area contributed by atoms with Crippen LogP contribution in [0, 0.1) is 20.8 Å². The van der Waals surface area contributed by atoms with Crippen LogP contribution in [-0.2, 0) is 10.0 Å². The lowest BCUT2D eigenvalue weighted by molar-refractivity contribution is 0.581. The minimum atomic E-state index is -3.56. The number of benzene rings is 2. The van der Waals surface area contributed by atoms with E-state index in [1.807, 2.05) is 51.1 Å². The highest BCUT2D eigenvalue weighted by molar-refractivity contribution is 7.89. The molecule has 7 heteroatoms. The number of anilines is 1. The summed E-state index contributed by atoms with van der Waals surface area (Å²) in [5.74, 6) is 0. The molecule has 1 heterocycles. The molecule has 3 aromatic rings. The summed E-state index contributed by atoms with van der Waals surface area (Å²) < 4.78 is 28.0. The van der Waals surface area contributed by atoms with Crippen LogP contribution in [-0.4, -0.2) is 26.5 Å². The van der Waals surface area contributed by atoms with Crippen LogP contribution in [0.2, 0.25) is 5.02 Å². The van der Waals surface area contributed by atoms with Crippen LogP contribution in [0.25, 0.3) is 10.9 Å². The van der Waals surface area contributed by atoms with Gasteiger partial charge in [0.1, 0.15) is 0 Å². The van der Waals surface area contributed by atoms with Crippen LogP contribution in [0.5, 0.6) is 0 Å². The van der Waals surface area contributed by atoms with E-state index in [-0.39, 0.29) is 6.54 Å². The maximum atomic E-state index is 12.7. The summed E-state index contributed by atoms with van der Waals surface area (Å²) in [6.45, 7) is 6.32. The molecular formula is C20H22ClN3O2S. The van der Waals surface area contributed by atoms with Crippen LogP contribution in [0.3, 0.4) is 0 Å². The molecule has 3 rings (SSSR count). The Hall–Kier alpha value is -2.15. The molecule has 0 atom stereocenters. The van der Waals surface area contributed by atoms with E-state index in [0.717, 1.165) is 33.3 Å². The summed E-state index contributed by atoms with van der Waals surface area (Å²) >= 11 is 6.00. The molecule has 5 nitrogen and oxygen atoms in total. The molecule has 0 aliphatic rings. The number of hydrogen-bond acceptors (Lipinski definition) is 4. The van der Waals surface area contributed by atoms with E-state index in [4.69, 9.17) is 11.6 Å². The molecule has 2 aromatic carbocycles. The van der Waals surface area contributed by atoms with Gasteiger partial charge in [-0.3, -0.25) is 4.98 Å². The zero-order chi connectivity index (χ0) is 19.6. The second kappa shape index (κ2) is 7.84. The van der Waals surface area contributed by atoms with Gasteiger partial charge in [0, 0.05) is 35.4 Å². The van der Waals surface area contributed by atoms with Crippen molar-refractivity contribution < 1.29 is 8.42 Å². The average molecular weight is 404 g/mol. The van der Waals surface area contributed by atoms with Crippen molar-refractivity contribution in [3.8, 4) is 0 Å². The van der Waals surface area contributed by atoms with Gasteiger partial charge in [0.05, 0.1) is 10.4 Å². The Labute approximate surface area is 164 Å². The van der Waals surface area contributed by atoms with Crippen LogP contribution >= 0.6 is 11.6 Å². The Morgan fingerprint density at radius 2 is 1.70 bits per heavy atom. The van der Waals surface area contributed by atoms with Crippen molar-refractivity contribution in [1.82, 2.24) is 9.71 Å². The standard InChI is InChI=1S/C20H22ClN3O2S/c1-13-10-14(2)20(15(3)11-13)27(25,26)24-9-8-23-18-6-7-22-19-12-16(21)4-5-17(18)19/h4-7,10-12,24H,8-9H2,1-3H3,(H,22,23). The van der Waals surface area contributed by atoms with E-state index in [1.165, 1.54) is 0 Å². The van der Waals surface area contributed by atoms with E-state index in [9.17, 15) is 8.42 Å². The van der Waals surface area contributed by atoms with Crippen molar-refractivity contribution >= 4 is 38.2 Å². The van der Waals surface area contributed by atoms with Gasteiger partial charge in [-0.25, -0.2) is 13.1 Å². The van der Waals surface area contributed by atoms with Crippen molar-refractivity contribution in [2.45, 2.75) is 25.7 Å². The van der Waals surface area contributed by atoms with Gasteiger partial charge in [-0.15, -0.1) is 0 Å². The minimum absolute atomic E-state index is 0.270. The number of nitrogens with zero attached hydrogens (tertiary/aromatic N) is 1. The van der Waals surface area contributed by atoms with E-state index in [2.05, 4.69) is 15.0 Å². The van der Waals surface area contributed by atoms with E-state index < -0.39 is 10.0 Å². The van der Waals surface area contributed by atoms with E-state index in [0.29, 0.717) is 16.5 Å². The fraction of sp³-hybridized carbons (Fsp3) is 0.250. The molecule has 2 N–H and O–H groups in total.